The van der Waals surface area contributed by atoms with Crippen LogP contribution in [0.3, 0.4) is 0 Å². The van der Waals surface area contributed by atoms with Gasteiger partial charge >= 0.3 is 0 Å². The Labute approximate surface area is 166 Å². The van der Waals surface area contributed by atoms with Gasteiger partial charge in [-0.2, -0.15) is 0 Å². The quantitative estimate of drug-likeness (QED) is 0.285. The molecule has 0 aliphatic carbocycles. The Kier molecular flexibility index (Phi) is 13.9. The molecule has 0 unspecified atom stereocenters. The second-order valence-electron chi connectivity index (χ2n) is 6.29. The molecule has 0 amide bonds. The monoisotopic (exact) mass is 362 g/mol. The molecule has 1 nitrogen and oxygen atoms in total. The molecule has 0 fully saturated rings. The number of allylic oxidation sites excluding steroid dienone is 19. The molecule has 0 aromatic carbocycles. The van der Waals surface area contributed by atoms with Gasteiger partial charge in [0.15, 0.2) is 0 Å². The lowest BCUT2D eigenvalue weighted by molar-refractivity contribution is 0.294. The van der Waals surface area contributed by atoms with Crippen molar-refractivity contribution in [1.82, 2.24) is 0 Å². The molecule has 0 atom stereocenters. The molecule has 1 heteroatoms. The standard InChI is InChI=1S/C26H34O/c1-8-22(2)16-11-17-23(3)14-9-10-15-24(4)18-12-19-25(5)20-13-21-26(6)27-7/h8-21H,1H2,2-7H3. The normalized spacial score (nSPS) is 15.7. The van der Waals surface area contributed by atoms with Crippen LogP contribution in [-0.4, -0.2) is 7.11 Å². The molecule has 0 radical (unpaired) electrons. The molecule has 0 aromatic rings. The topological polar surface area (TPSA) is 9.23 Å². The van der Waals surface area contributed by atoms with Crippen molar-refractivity contribution in [2.75, 3.05) is 7.11 Å². The lowest BCUT2D eigenvalue weighted by atomic mass is 10.2. The van der Waals surface area contributed by atoms with Crippen molar-refractivity contribution in [3.05, 3.63) is 120 Å². The Bertz CT molecular complexity index is 726. The van der Waals surface area contributed by atoms with Gasteiger partial charge in [-0.1, -0.05) is 108 Å². The zero-order valence-electron chi connectivity index (χ0n) is 17.7. The second kappa shape index (κ2) is 15.5. The first-order chi connectivity index (χ1) is 12.9. The molecule has 0 aromatic heterocycles. The first kappa shape index (κ1) is 24.2. The van der Waals surface area contributed by atoms with Crippen LogP contribution >= 0.6 is 0 Å². The van der Waals surface area contributed by atoms with Gasteiger partial charge < -0.3 is 4.74 Å². The maximum absolute atomic E-state index is 5.09. The van der Waals surface area contributed by atoms with Crippen molar-refractivity contribution >= 4 is 0 Å². The molecule has 0 bridgehead atoms. The third-order valence-corrected chi connectivity index (χ3v) is 3.60. The van der Waals surface area contributed by atoms with Crippen LogP contribution in [0.4, 0.5) is 0 Å². The molecule has 0 saturated carbocycles. The van der Waals surface area contributed by atoms with Gasteiger partial charge in [0.1, 0.15) is 0 Å². The minimum absolute atomic E-state index is 0.892. The summed E-state index contributed by atoms with van der Waals surface area (Å²) in [5.41, 5.74) is 4.73. The van der Waals surface area contributed by atoms with E-state index in [1.807, 2.05) is 44.2 Å². The zero-order chi connectivity index (χ0) is 20.5. The highest BCUT2D eigenvalue weighted by atomic mass is 16.5. The van der Waals surface area contributed by atoms with Crippen LogP contribution in [0.25, 0.3) is 0 Å². The summed E-state index contributed by atoms with van der Waals surface area (Å²) in [6.07, 6.45) is 28.5. The van der Waals surface area contributed by atoms with Gasteiger partial charge in [-0.05, 0) is 40.7 Å². The number of hydrogen-bond donors (Lipinski definition) is 0. The van der Waals surface area contributed by atoms with Gasteiger partial charge in [0.2, 0.25) is 0 Å². The number of methoxy groups -OCH3 is 1. The summed E-state index contributed by atoms with van der Waals surface area (Å²) in [5, 5.41) is 0. The van der Waals surface area contributed by atoms with E-state index in [0.29, 0.717) is 0 Å². The van der Waals surface area contributed by atoms with E-state index in [0.717, 1.165) is 11.3 Å². The van der Waals surface area contributed by atoms with Crippen LogP contribution in [0.5, 0.6) is 0 Å². The van der Waals surface area contributed by atoms with E-state index in [2.05, 4.69) is 82.0 Å². The molecule has 0 rings (SSSR count). The van der Waals surface area contributed by atoms with Gasteiger partial charge in [-0.3, -0.25) is 0 Å². The predicted molar refractivity (Wildman–Crippen MR) is 123 cm³/mol. The SMILES string of the molecule is C=CC(C)=CC=CC(C)=CC=CC=C(C)C=CC=C(C)C=CC=C(C)OC. The van der Waals surface area contributed by atoms with Crippen molar-refractivity contribution in [1.29, 1.82) is 0 Å². The second-order valence-corrected chi connectivity index (χ2v) is 6.29. The van der Waals surface area contributed by atoms with Crippen LogP contribution in [-0.2, 0) is 4.74 Å². The Balaban J connectivity index is 4.63. The third kappa shape index (κ3) is 15.2. The summed E-state index contributed by atoms with van der Waals surface area (Å²) in [6, 6.07) is 0. The number of hydrogen-bond acceptors (Lipinski definition) is 1. The molecule has 0 spiro atoms. The fourth-order valence-corrected chi connectivity index (χ4v) is 1.76. The average molecular weight is 363 g/mol. The smallest absolute Gasteiger partial charge is 0.0924 e. The van der Waals surface area contributed by atoms with Crippen molar-refractivity contribution in [3.8, 4) is 0 Å². The molecule has 144 valence electrons. The van der Waals surface area contributed by atoms with Crippen LogP contribution in [0.2, 0.25) is 0 Å². The highest BCUT2D eigenvalue weighted by molar-refractivity contribution is 5.31. The molecule has 0 aliphatic rings. The molecule has 27 heavy (non-hydrogen) atoms. The Morgan fingerprint density at radius 3 is 1.33 bits per heavy atom. The van der Waals surface area contributed by atoms with E-state index < -0.39 is 0 Å². The van der Waals surface area contributed by atoms with E-state index in [-0.39, 0.29) is 0 Å². The van der Waals surface area contributed by atoms with Gasteiger partial charge in [0.05, 0.1) is 12.9 Å². The van der Waals surface area contributed by atoms with Crippen LogP contribution in [0.1, 0.15) is 34.6 Å². The summed E-state index contributed by atoms with van der Waals surface area (Å²) in [5.74, 6) is 0.892. The van der Waals surface area contributed by atoms with Crippen molar-refractivity contribution in [2.24, 2.45) is 0 Å². The highest BCUT2D eigenvalue weighted by Crippen LogP contribution is 2.02. The number of rotatable bonds is 10. The zero-order valence-corrected chi connectivity index (χ0v) is 17.7. The first-order valence-electron chi connectivity index (χ1n) is 9.12. The van der Waals surface area contributed by atoms with Gasteiger partial charge in [0.25, 0.3) is 0 Å². The van der Waals surface area contributed by atoms with E-state index >= 15 is 0 Å². The fourth-order valence-electron chi connectivity index (χ4n) is 1.76. The Morgan fingerprint density at radius 1 is 0.556 bits per heavy atom. The van der Waals surface area contributed by atoms with Crippen molar-refractivity contribution < 1.29 is 4.74 Å². The highest BCUT2D eigenvalue weighted by Gasteiger charge is 1.82. The minimum atomic E-state index is 0.892. The summed E-state index contributed by atoms with van der Waals surface area (Å²) in [6.45, 7) is 13.9. The maximum atomic E-state index is 5.09. The largest absolute Gasteiger partial charge is 0.501 e. The maximum Gasteiger partial charge on any atom is 0.0924 e. The van der Waals surface area contributed by atoms with E-state index in [1.54, 1.807) is 7.11 Å². The summed E-state index contributed by atoms with van der Waals surface area (Å²) in [4.78, 5) is 0. The molecular formula is C26H34O. The average Bonchev–Trinajstić information content (AvgIpc) is 2.64. The predicted octanol–water partition coefficient (Wildman–Crippen LogP) is 7.73. The molecule has 0 saturated heterocycles. The molecule has 0 aliphatic heterocycles. The summed E-state index contributed by atoms with van der Waals surface area (Å²) in [7, 11) is 1.67. The minimum Gasteiger partial charge on any atom is -0.501 e. The van der Waals surface area contributed by atoms with Crippen LogP contribution < -0.4 is 0 Å². The van der Waals surface area contributed by atoms with E-state index in [4.69, 9.17) is 4.74 Å². The van der Waals surface area contributed by atoms with Crippen molar-refractivity contribution in [3.63, 3.8) is 0 Å². The van der Waals surface area contributed by atoms with Gasteiger partial charge in [0, 0.05) is 0 Å². The summed E-state index contributed by atoms with van der Waals surface area (Å²) >= 11 is 0. The Hall–Kier alpha value is -2.80. The van der Waals surface area contributed by atoms with Gasteiger partial charge in [-0.15, -0.1) is 0 Å². The molecule has 0 N–H and O–H groups in total. The Morgan fingerprint density at radius 2 is 0.926 bits per heavy atom. The molecular weight excluding hydrogens is 328 g/mol. The summed E-state index contributed by atoms with van der Waals surface area (Å²) < 4.78 is 5.09. The van der Waals surface area contributed by atoms with Crippen molar-refractivity contribution in [2.45, 2.75) is 34.6 Å². The van der Waals surface area contributed by atoms with E-state index in [9.17, 15) is 0 Å². The molecule has 0 heterocycles. The third-order valence-electron chi connectivity index (χ3n) is 3.60. The van der Waals surface area contributed by atoms with Crippen LogP contribution in [0.15, 0.2) is 120 Å². The van der Waals surface area contributed by atoms with Gasteiger partial charge in [-0.25, -0.2) is 0 Å². The van der Waals surface area contributed by atoms with E-state index in [1.165, 1.54) is 16.7 Å². The van der Waals surface area contributed by atoms with Crippen LogP contribution in [0, 0.1) is 0 Å². The lowest BCUT2D eigenvalue weighted by Crippen LogP contribution is -1.76. The fraction of sp³-hybridized carbons (Fsp3) is 0.231. The first-order valence-corrected chi connectivity index (χ1v) is 9.12. The number of ether oxygens (including phenoxy) is 1. The lowest BCUT2D eigenvalue weighted by Gasteiger charge is -1.94.